The molecule has 0 amide bonds. The van der Waals surface area contributed by atoms with Crippen LogP contribution in [-0.4, -0.2) is 49.3 Å². The normalized spacial score (nSPS) is 13.3. The Bertz CT molecular complexity index is 917. The second-order valence-corrected chi connectivity index (χ2v) is 17.1. The molecule has 55 heavy (non-hydrogen) atoms. The van der Waals surface area contributed by atoms with Gasteiger partial charge in [-0.25, -0.2) is 4.57 Å². The lowest BCUT2D eigenvalue weighted by Crippen LogP contribution is -2.29. The Morgan fingerprint density at radius 2 is 0.891 bits per heavy atom. The Hall–Kier alpha value is -1.25. The van der Waals surface area contributed by atoms with Gasteiger partial charge in [0.1, 0.15) is 6.61 Å². The molecule has 0 bridgehead atoms. The molecule has 0 aromatic rings. The fourth-order valence-electron chi connectivity index (χ4n) is 6.69. The molecule has 10 heteroatoms. The molecule has 0 aliphatic rings. The van der Waals surface area contributed by atoms with Crippen LogP contribution in [0.1, 0.15) is 232 Å². The van der Waals surface area contributed by atoms with Gasteiger partial charge in [0, 0.05) is 19.4 Å². The van der Waals surface area contributed by atoms with E-state index < -0.39 is 26.5 Å². The van der Waals surface area contributed by atoms with Gasteiger partial charge in [0.2, 0.25) is 0 Å². The predicted octanol–water partition coefficient (Wildman–Crippen LogP) is 13.4. The monoisotopic (exact) mass is 802 g/mol. The maximum absolute atomic E-state index is 12.6. The highest BCUT2D eigenvalue weighted by Crippen LogP contribution is 2.43. The third kappa shape index (κ3) is 42.2. The van der Waals surface area contributed by atoms with Crippen molar-refractivity contribution in [1.29, 1.82) is 0 Å². The largest absolute Gasteiger partial charge is 0.472 e. The molecule has 0 radical (unpaired) electrons. The molecule has 326 valence electrons. The van der Waals surface area contributed by atoms with E-state index >= 15 is 0 Å². The average molecular weight is 802 g/mol. The molecule has 0 aliphatic carbocycles. The minimum Gasteiger partial charge on any atom is -0.462 e. The Morgan fingerprint density at radius 1 is 0.527 bits per heavy atom. The standard InChI is InChI=1S/C45H88NO8P/c1-3-5-7-9-11-13-14-15-16-17-18-19-20-21-22-23-24-25-26-27-28-30-32-34-36-38-45(48)54-43(42-53-55(49,50)52-40-39-46)41-51-44(47)37-35-33-31-29-12-10-8-6-4-2/h17-18,43H,3-16,19-42,46H2,1-2H3,(H,49,50)/b18-17-. The molecule has 2 atom stereocenters. The molecule has 0 aliphatic heterocycles. The average Bonchev–Trinajstić information content (AvgIpc) is 3.17. The van der Waals surface area contributed by atoms with Gasteiger partial charge in [-0.1, -0.05) is 193 Å². The predicted molar refractivity (Wildman–Crippen MR) is 229 cm³/mol. The Labute approximate surface area is 339 Å². The number of allylic oxidation sites excluding steroid dienone is 2. The number of hydrogen-bond acceptors (Lipinski definition) is 8. The molecule has 0 saturated heterocycles. The number of carbonyl (C=O) groups excluding carboxylic acids is 2. The van der Waals surface area contributed by atoms with Gasteiger partial charge in [-0.3, -0.25) is 18.6 Å². The van der Waals surface area contributed by atoms with Gasteiger partial charge >= 0.3 is 19.8 Å². The van der Waals surface area contributed by atoms with Crippen molar-refractivity contribution in [1.82, 2.24) is 0 Å². The van der Waals surface area contributed by atoms with Crippen molar-refractivity contribution in [3.63, 3.8) is 0 Å². The van der Waals surface area contributed by atoms with E-state index in [2.05, 4.69) is 26.0 Å². The molecule has 2 unspecified atom stereocenters. The number of esters is 2. The van der Waals surface area contributed by atoms with Crippen LogP contribution in [0.4, 0.5) is 0 Å². The number of nitrogens with two attached hydrogens (primary N) is 1. The lowest BCUT2D eigenvalue weighted by Gasteiger charge is -2.19. The topological polar surface area (TPSA) is 134 Å². The zero-order valence-corrected chi connectivity index (χ0v) is 36.8. The van der Waals surface area contributed by atoms with Crippen molar-refractivity contribution in [2.24, 2.45) is 5.73 Å². The first-order valence-corrected chi connectivity index (χ1v) is 24.7. The van der Waals surface area contributed by atoms with Crippen LogP contribution < -0.4 is 5.73 Å². The van der Waals surface area contributed by atoms with Crippen LogP contribution in [0.2, 0.25) is 0 Å². The van der Waals surface area contributed by atoms with Crippen LogP contribution in [0.3, 0.4) is 0 Å². The Kier molecular flexibility index (Phi) is 41.4. The first-order valence-electron chi connectivity index (χ1n) is 23.2. The van der Waals surface area contributed by atoms with Crippen LogP contribution in [0, 0.1) is 0 Å². The summed E-state index contributed by atoms with van der Waals surface area (Å²) in [5.74, 6) is -0.821. The van der Waals surface area contributed by atoms with Crippen LogP contribution in [-0.2, 0) is 32.7 Å². The van der Waals surface area contributed by atoms with Crippen molar-refractivity contribution >= 4 is 19.8 Å². The van der Waals surface area contributed by atoms with E-state index in [1.807, 2.05) is 0 Å². The zero-order valence-electron chi connectivity index (χ0n) is 35.9. The fourth-order valence-corrected chi connectivity index (χ4v) is 7.45. The Balaban J connectivity index is 3.94. The van der Waals surface area contributed by atoms with E-state index in [0.29, 0.717) is 6.42 Å². The number of hydrogen-bond donors (Lipinski definition) is 2. The molecule has 9 nitrogen and oxygen atoms in total. The second-order valence-electron chi connectivity index (χ2n) is 15.6. The van der Waals surface area contributed by atoms with Crippen LogP contribution >= 0.6 is 7.82 Å². The highest BCUT2D eigenvalue weighted by Gasteiger charge is 2.26. The van der Waals surface area contributed by atoms with Crippen LogP contribution in [0.5, 0.6) is 0 Å². The second kappa shape index (κ2) is 42.4. The van der Waals surface area contributed by atoms with Crippen molar-refractivity contribution in [3.05, 3.63) is 12.2 Å². The summed E-state index contributed by atoms with van der Waals surface area (Å²) in [5, 5.41) is 0. The first-order chi connectivity index (χ1) is 26.8. The molecule has 0 saturated carbocycles. The number of rotatable bonds is 44. The van der Waals surface area contributed by atoms with Crippen molar-refractivity contribution in [2.75, 3.05) is 26.4 Å². The quantitative estimate of drug-likeness (QED) is 0.0267. The van der Waals surface area contributed by atoms with Crippen LogP contribution in [0.15, 0.2) is 12.2 Å². The number of carbonyl (C=O) groups is 2. The number of phosphoric acid groups is 1. The van der Waals surface area contributed by atoms with Gasteiger partial charge in [0.15, 0.2) is 6.10 Å². The summed E-state index contributed by atoms with van der Waals surface area (Å²) >= 11 is 0. The van der Waals surface area contributed by atoms with Gasteiger partial charge in [-0.05, 0) is 38.5 Å². The molecule has 0 rings (SSSR count). The maximum atomic E-state index is 12.6. The maximum Gasteiger partial charge on any atom is 0.472 e. The first kappa shape index (κ1) is 53.8. The van der Waals surface area contributed by atoms with E-state index in [4.69, 9.17) is 24.3 Å². The summed E-state index contributed by atoms with van der Waals surface area (Å²) in [6.07, 6.45) is 44.1. The van der Waals surface area contributed by atoms with Crippen molar-refractivity contribution in [3.8, 4) is 0 Å². The van der Waals surface area contributed by atoms with Crippen LogP contribution in [0.25, 0.3) is 0 Å². The molecule has 3 N–H and O–H groups in total. The third-order valence-electron chi connectivity index (χ3n) is 10.2. The number of unbranched alkanes of at least 4 members (excludes halogenated alkanes) is 29. The molecule has 0 aromatic carbocycles. The summed E-state index contributed by atoms with van der Waals surface area (Å²) in [6.45, 7) is 3.74. The minimum absolute atomic E-state index is 0.0564. The van der Waals surface area contributed by atoms with Gasteiger partial charge in [-0.2, -0.15) is 0 Å². The lowest BCUT2D eigenvalue weighted by molar-refractivity contribution is -0.161. The fraction of sp³-hybridized carbons (Fsp3) is 0.911. The molecular weight excluding hydrogens is 713 g/mol. The highest BCUT2D eigenvalue weighted by molar-refractivity contribution is 7.47. The van der Waals surface area contributed by atoms with Gasteiger partial charge in [-0.15, -0.1) is 0 Å². The highest BCUT2D eigenvalue weighted by atomic mass is 31.2. The van der Waals surface area contributed by atoms with Crippen molar-refractivity contribution < 1.29 is 37.6 Å². The molecule has 0 aromatic heterocycles. The third-order valence-corrected chi connectivity index (χ3v) is 11.1. The summed E-state index contributed by atoms with van der Waals surface area (Å²) in [6, 6.07) is 0. The van der Waals surface area contributed by atoms with E-state index in [9.17, 15) is 19.0 Å². The summed E-state index contributed by atoms with van der Waals surface area (Å²) in [5.41, 5.74) is 5.34. The SMILES string of the molecule is CCCCCCCCCC/C=C\CCCCCCCCCCCCCCCC(=O)OC(COC(=O)CCCCCCCCCCC)COP(=O)(O)OCCN. The summed E-state index contributed by atoms with van der Waals surface area (Å²) in [4.78, 5) is 34.8. The number of phosphoric ester groups is 1. The van der Waals surface area contributed by atoms with E-state index in [1.165, 1.54) is 167 Å². The Morgan fingerprint density at radius 3 is 1.29 bits per heavy atom. The smallest absolute Gasteiger partial charge is 0.462 e. The minimum atomic E-state index is -4.37. The molecule has 0 heterocycles. The van der Waals surface area contributed by atoms with Gasteiger partial charge < -0.3 is 20.1 Å². The zero-order chi connectivity index (χ0) is 40.3. The lowest BCUT2D eigenvalue weighted by atomic mass is 10.0. The van der Waals surface area contributed by atoms with E-state index in [0.717, 1.165) is 32.1 Å². The van der Waals surface area contributed by atoms with E-state index in [-0.39, 0.29) is 38.6 Å². The van der Waals surface area contributed by atoms with Gasteiger partial charge in [0.25, 0.3) is 0 Å². The van der Waals surface area contributed by atoms with E-state index in [1.54, 1.807) is 0 Å². The summed E-state index contributed by atoms with van der Waals surface area (Å²) < 4.78 is 32.7. The number of ether oxygens (including phenoxy) is 2. The van der Waals surface area contributed by atoms with Gasteiger partial charge in [0.05, 0.1) is 13.2 Å². The molecule has 0 fully saturated rings. The summed E-state index contributed by atoms with van der Waals surface area (Å²) in [7, 11) is -4.37. The van der Waals surface area contributed by atoms with Crippen molar-refractivity contribution in [2.45, 2.75) is 238 Å². The molecular formula is C45H88NO8P. The molecule has 0 spiro atoms.